The Balaban J connectivity index is 1.58. The van der Waals surface area contributed by atoms with Crippen molar-refractivity contribution < 1.29 is 23.8 Å². The number of amides is 1. The van der Waals surface area contributed by atoms with Gasteiger partial charge in [0.25, 0.3) is 0 Å². The molecule has 2 heterocycles. The van der Waals surface area contributed by atoms with Crippen LogP contribution < -0.4 is 4.74 Å². The molecule has 0 saturated carbocycles. The van der Waals surface area contributed by atoms with Gasteiger partial charge in [0.15, 0.2) is 0 Å². The molecule has 0 bridgehead atoms. The van der Waals surface area contributed by atoms with Gasteiger partial charge in [0, 0.05) is 18.5 Å². The average molecular weight is 319 g/mol. The number of likely N-dealkylation sites (tertiary alicyclic amines) is 1. The molecule has 1 amide bonds. The van der Waals surface area contributed by atoms with Gasteiger partial charge < -0.3 is 19.1 Å². The number of carbonyl (C=O) groups excluding carboxylic acids is 2. The molecule has 23 heavy (non-hydrogen) atoms. The molecule has 6 heteroatoms. The smallest absolute Gasteiger partial charge is 0.410 e. The highest BCUT2D eigenvalue weighted by Crippen LogP contribution is 2.26. The van der Waals surface area contributed by atoms with Crippen LogP contribution in [0.15, 0.2) is 18.2 Å². The Hall–Kier alpha value is -2.24. The Morgan fingerprint density at radius 1 is 1.35 bits per heavy atom. The number of cyclic esters (lactones) is 1. The summed E-state index contributed by atoms with van der Waals surface area (Å²) in [5.41, 5.74) is 0.941. The summed E-state index contributed by atoms with van der Waals surface area (Å²) in [6.45, 7) is 6.96. The lowest BCUT2D eigenvalue weighted by molar-refractivity contribution is 0.0275. The van der Waals surface area contributed by atoms with Crippen molar-refractivity contribution in [1.29, 1.82) is 0 Å². The number of carbonyl (C=O) groups is 2. The van der Waals surface area contributed by atoms with Crippen molar-refractivity contribution in [3.8, 4) is 5.75 Å². The Morgan fingerprint density at radius 3 is 2.87 bits per heavy atom. The van der Waals surface area contributed by atoms with Crippen molar-refractivity contribution in [1.82, 2.24) is 4.90 Å². The third-order valence-electron chi connectivity index (χ3n) is 3.75. The van der Waals surface area contributed by atoms with Crippen molar-refractivity contribution in [3.05, 3.63) is 29.3 Å². The highest BCUT2D eigenvalue weighted by molar-refractivity contribution is 5.93. The summed E-state index contributed by atoms with van der Waals surface area (Å²) in [5, 5.41) is 0. The van der Waals surface area contributed by atoms with Crippen LogP contribution in [0.5, 0.6) is 5.75 Å². The second kappa shape index (κ2) is 5.76. The number of esters is 1. The molecule has 0 aromatic heterocycles. The first-order chi connectivity index (χ1) is 10.8. The molecule has 6 nitrogen and oxygen atoms in total. The van der Waals surface area contributed by atoms with Crippen LogP contribution in [0.3, 0.4) is 0 Å². The number of benzene rings is 1. The highest BCUT2D eigenvalue weighted by atomic mass is 16.6. The number of nitrogens with zero attached hydrogens (tertiary/aromatic N) is 1. The van der Waals surface area contributed by atoms with Crippen LogP contribution in [-0.4, -0.2) is 41.8 Å². The van der Waals surface area contributed by atoms with E-state index in [0.717, 1.165) is 12.0 Å². The Bertz CT molecular complexity index is 634. The van der Waals surface area contributed by atoms with E-state index in [9.17, 15) is 9.59 Å². The molecule has 0 N–H and O–H groups in total. The molecule has 1 atom stereocenters. The van der Waals surface area contributed by atoms with E-state index in [1.807, 2.05) is 26.8 Å². The zero-order chi connectivity index (χ0) is 16.6. The summed E-state index contributed by atoms with van der Waals surface area (Å²) < 4.78 is 16.3. The molecule has 1 aromatic rings. The maximum Gasteiger partial charge on any atom is 0.410 e. The van der Waals surface area contributed by atoms with E-state index in [-0.39, 0.29) is 18.2 Å². The van der Waals surface area contributed by atoms with Crippen LogP contribution >= 0.6 is 0 Å². The van der Waals surface area contributed by atoms with Gasteiger partial charge in [-0.1, -0.05) is 0 Å². The average Bonchev–Trinajstić information content (AvgIpc) is 3.05. The highest BCUT2D eigenvalue weighted by Gasteiger charge is 2.31. The van der Waals surface area contributed by atoms with E-state index in [2.05, 4.69) is 0 Å². The summed E-state index contributed by atoms with van der Waals surface area (Å²) in [4.78, 5) is 25.1. The lowest BCUT2D eigenvalue weighted by Crippen LogP contribution is -2.36. The van der Waals surface area contributed by atoms with Gasteiger partial charge in [-0.3, -0.25) is 0 Å². The van der Waals surface area contributed by atoms with Gasteiger partial charge in [0.05, 0.1) is 12.1 Å². The molecule has 0 spiro atoms. The number of hydrogen-bond donors (Lipinski definition) is 0. The number of hydrogen-bond acceptors (Lipinski definition) is 5. The number of rotatable bonds is 2. The van der Waals surface area contributed by atoms with E-state index >= 15 is 0 Å². The molecule has 124 valence electrons. The molecule has 0 aliphatic carbocycles. The minimum atomic E-state index is -0.497. The van der Waals surface area contributed by atoms with Crippen molar-refractivity contribution in [3.63, 3.8) is 0 Å². The summed E-state index contributed by atoms with van der Waals surface area (Å²) >= 11 is 0. The lowest BCUT2D eigenvalue weighted by Gasteiger charge is -2.24. The van der Waals surface area contributed by atoms with E-state index in [4.69, 9.17) is 14.2 Å². The number of fused-ring (bicyclic) bond motifs is 1. The maximum atomic E-state index is 12.0. The molecule has 1 fully saturated rings. The molecule has 1 aromatic carbocycles. The standard InChI is InChI=1S/C17H21NO5/c1-17(2,3)23-16(20)18-7-6-13(9-18)22-12-4-5-14-11(8-12)10-21-15(14)19/h4-5,8,13H,6-7,9-10H2,1-3H3. The molecule has 2 aliphatic rings. The summed E-state index contributed by atoms with van der Waals surface area (Å²) in [5.74, 6) is 0.404. The fraction of sp³-hybridized carbons (Fsp3) is 0.529. The second-order valence-corrected chi connectivity index (χ2v) is 6.85. The summed E-state index contributed by atoms with van der Waals surface area (Å²) in [6.07, 6.45) is 0.376. The van der Waals surface area contributed by atoms with Crippen LogP contribution in [0.25, 0.3) is 0 Å². The lowest BCUT2D eigenvalue weighted by atomic mass is 10.1. The molecular weight excluding hydrogens is 298 g/mol. The monoisotopic (exact) mass is 319 g/mol. The fourth-order valence-electron chi connectivity index (χ4n) is 2.69. The fourth-order valence-corrected chi connectivity index (χ4v) is 2.69. The quantitative estimate of drug-likeness (QED) is 0.784. The zero-order valence-corrected chi connectivity index (χ0v) is 13.6. The van der Waals surface area contributed by atoms with Gasteiger partial charge in [0.1, 0.15) is 24.1 Å². The van der Waals surface area contributed by atoms with E-state index < -0.39 is 5.60 Å². The van der Waals surface area contributed by atoms with Gasteiger partial charge in [-0.25, -0.2) is 9.59 Å². The topological polar surface area (TPSA) is 65.1 Å². The largest absolute Gasteiger partial charge is 0.489 e. The normalized spacial score (nSPS) is 20.2. The van der Waals surface area contributed by atoms with E-state index in [0.29, 0.717) is 31.0 Å². The van der Waals surface area contributed by atoms with Crippen molar-refractivity contribution >= 4 is 12.1 Å². The van der Waals surface area contributed by atoms with Gasteiger partial charge >= 0.3 is 12.1 Å². The van der Waals surface area contributed by atoms with Crippen LogP contribution in [0.2, 0.25) is 0 Å². The van der Waals surface area contributed by atoms with Crippen LogP contribution in [0.1, 0.15) is 43.1 Å². The first kappa shape index (κ1) is 15.6. The van der Waals surface area contributed by atoms with Gasteiger partial charge in [-0.15, -0.1) is 0 Å². The minimum Gasteiger partial charge on any atom is -0.489 e. The van der Waals surface area contributed by atoms with Gasteiger partial charge in [0.2, 0.25) is 0 Å². The van der Waals surface area contributed by atoms with E-state index in [1.165, 1.54) is 0 Å². The Morgan fingerprint density at radius 2 is 2.13 bits per heavy atom. The first-order valence-corrected chi connectivity index (χ1v) is 7.76. The van der Waals surface area contributed by atoms with Gasteiger partial charge in [-0.2, -0.15) is 0 Å². The molecule has 3 rings (SSSR count). The van der Waals surface area contributed by atoms with Crippen molar-refractivity contribution in [2.45, 2.75) is 45.5 Å². The second-order valence-electron chi connectivity index (χ2n) is 6.85. The van der Waals surface area contributed by atoms with E-state index in [1.54, 1.807) is 17.0 Å². The molecule has 1 saturated heterocycles. The van der Waals surface area contributed by atoms with Gasteiger partial charge in [-0.05, 0) is 39.0 Å². The molecular formula is C17H21NO5. The van der Waals surface area contributed by atoms with Crippen LogP contribution in [-0.2, 0) is 16.1 Å². The first-order valence-electron chi connectivity index (χ1n) is 7.76. The van der Waals surface area contributed by atoms with Crippen LogP contribution in [0, 0.1) is 0 Å². The molecule has 2 aliphatic heterocycles. The molecule has 1 unspecified atom stereocenters. The predicted octanol–water partition coefficient (Wildman–Crippen LogP) is 2.75. The zero-order valence-electron chi connectivity index (χ0n) is 13.6. The van der Waals surface area contributed by atoms with Crippen molar-refractivity contribution in [2.24, 2.45) is 0 Å². The van der Waals surface area contributed by atoms with Crippen molar-refractivity contribution in [2.75, 3.05) is 13.1 Å². The third kappa shape index (κ3) is 3.57. The number of ether oxygens (including phenoxy) is 3. The SMILES string of the molecule is CC(C)(C)OC(=O)N1CCC(Oc2ccc3c(c2)COC3=O)C1. The Labute approximate surface area is 135 Å². The third-order valence-corrected chi connectivity index (χ3v) is 3.75. The summed E-state index contributed by atoms with van der Waals surface area (Å²) in [7, 11) is 0. The van der Waals surface area contributed by atoms with Crippen LogP contribution in [0.4, 0.5) is 4.79 Å². The Kier molecular flexibility index (Phi) is 3.92. The predicted molar refractivity (Wildman–Crippen MR) is 82.4 cm³/mol. The maximum absolute atomic E-state index is 12.0. The minimum absolute atomic E-state index is 0.0707. The molecule has 0 radical (unpaired) electrons. The summed E-state index contributed by atoms with van der Waals surface area (Å²) in [6, 6.07) is 5.32.